The molecule has 118 valence electrons. The number of hydrogen-bond donors (Lipinski definition) is 1. The molecule has 2 heterocycles. The Morgan fingerprint density at radius 1 is 1.52 bits per heavy atom. The van der Waals surface area contributed by atoms with Gasteiger partial charge in [0.1, 0.15) is 5.82 Å². The summed E-state index contributed by atoms with van der Waals surface area (Å²) in [5.41, 5.74) is 5.23. The van der Waals surface area contributed by atoms with Crippen molar-refractivity contribution in [2.75, 3.05) is 12.4 Å². The van der Waals surface area contributed by atoms with Gasteiger partial charge in [0, 0.05) is 25.2 Å². The van der Waals surface area contributed by atoms with Gasteiger partial charge in [-0.25, -0.2) is 0 Å². The summed E-state index contributed by atoms with van der Waals surface area (Å²) in [5.74, 6) is 1.57. The van der Waals surface area contributed by atoms with E-state index in [0.29, 0.717) is 12.8 Å². The highest BCUT2D eigenvalue weighted by Gasteiger charge is 2.21. The largest absolute Gasteiger partial charge is 0.376 e. The smallest absolute Gasteiger partial charge is 0.217 e. The van der Waals surface area contributed by atoms with E-state index in [1.165, 1.54) is 6.42 Å². The molecule has 2 N–H and O–H groups in total. The average molecular weight is 312 g/mol. The van der Waals surface area contributed by atoms with Crippen LogP contribution in [0.3, 0.4) is 0 Å². The number of ether oxygens (including phenoxy) is 1. The fourth-order valence-corrected chi connectivity index (χ4v) is 3.38. The lowest BCUT2D eigenvalue weighted by Crippen LogP contribution is -2.19. The molecule has 1 fully saturated rings. The summed E-state index contributed by atoms with van der Waals surface area (Å²) in [6.07, 6.45) is 5.61. The van der Waals surface area contributed by atoms with Gasteiger partial charge in [-0.15, -0.1) is 10.2 Å². The number of amides is 1. The van der Waals surface area contributed by atoms with Gasteiger partial charge in [0.2, 0.25) is 5.91 Å². The van der Waals surface area contributed by atoms with Crippen molar-refractivity contribution in [3.8, 4) is 0 Å². The molecule has 0 aliphatic carbocycles. The van der Waals surface area contributed by atoms with Crippen LogP contribution in [0.1, 0.15) is 44.9 Å². The van der Waals surface area contributed by atoms with E-state index in [4.69, 9.17) is 10.5 Å². The number of primary amides is 1. The summed E-state index contributed by atoms with van der Waals surface area (Å²) in [4.78, 5) is 11.0. The summed E-state index contributed by atoms with van der Waals surface area (Å²) < 4.78 is 7.82. The Kier molecular flexibility index (Phi) is 6.50. The van der Waals surface area contributed by atoms with Crippen LogP contribution in [-0.4, -0.2) is 39.1 Å². The minimum Gasteiger partial charge on any atom is -0.376 e. The van der Waals surface area contributed by atoms with Gasteiger partial charge in [-0.1, -0.05) is 25.1 Å². The maximum atomic E-state index is 11.0. The molecule has 0 radical (unpaired) electrons. The number of thioether (sulfide) groups is 1. The molecule has 21 heavy (non-hydrogen) atoms. The number of unbranched alkanes of at least 4 members (excludes halogenated alkanes) is 1. The van der Waals surface area contributed by atoms with E-state index in [1.54, 1.807) is 11.8 Å². The van der Waals surface area contributed by atoms with Crippen molar-refractivity contribution in [1.82, 2.24) is 14.8 Å². The maximum absolute atomic E-state index is 11.0. The highest BCUT2D eigenvalue weighted by Crippen LogP contribution is 2.22. The van der Waals surface area contributed by atoms with Crippen molar-refractivity contribution in [2.45, 2.75) is 63.3 Å². The highest BCUT2D eigenvalue weighted by atomic mass is 32.2. The first-order valence-electron chi connectivity index (χ1n) is 7.65. The van der Waals surface area contributed by atoms with Gasteiger partial charge < -0.3 is 15.0 Å². The zero-order chi connectivity index (χ0) is 15.1. The van der Waals surface area contributed by atoms with E-state index in [9.17, 15) is 4.79 Å². The molecular weight excluding hydrogens is 288 g/mol. The molecule has 6 nitrogen and oxygen atoms in total. The van der Waals surface area contributed by atoms with Crippen molar-refractivity contribution < 1.29 is 9.53 Å². The van der Waals surface area contributed by atoms with Crippen LogP contribution in [0, 0.1) is 0 Å². The molecule has 0 aromatic carbocycles. The molecule has 1 unspecified atom stereocenters. The molecule has 1 aliphatic heterocycles. The Balaban J connectivity index is 2.05. The monoisotopic (exact) mass is 312 g/mol. The van der Waals surface area contributed by atoms with Crippen LogP contribution in [0.2, 0.25) is 0 Å². The Morgan fingerprint density at radius 2 is 2.38 bits per heavy atom. The zero-order valence-corrected chi connectivity index (χ0v) is 13.4. The second-order valence-electron chi connectivity index (χ2n) is 5.31. The number of hydrogen-bond acceptors (Lipinski definition) is 5. The quantitative estimate of drug-likeness (QED) is 0.555. The number of nitrogens with zero attached hydrogens (tertiary/aromatic N) is 3. The van der Waals surface area contributed by atoms with Gasteiger partial charge in [0.05, 0.1) is 12.6 Å². The molecule has 2 rings (SSSR count). The highest BCUT2D eigenvalue weighted by molar-refractivity contribution is 7.99. The predicted molar refractivity (Wildman–Crippen MR) is 82.1 cm³/mol. The first kappa shape index (κ1) is 16.3. The molecule has 1 aromatic heterocycles. The molecule has 1 aromatic rings. The van der Waals surface area contributed by atoms with Crippen LogP contribution in [0.25, 0.3) is 0 Å². The Labute approximate surface area is 129 Å². The first-order chi connectivity index (χ1) is 10.2. The van der Waals surface area contributed by atoms with Gasteiger partial charge in [-0.3, -0.25) is 4.79 Å². The van der Waals surface area contributed by atoms with E-state index in [2.05, 4.69) is 21.7 Å². The number of carbonyl (C=O) groups is 1. The summed E-state index contributed by atoms with van der Waals surface area (Å²) >= 11 is 1.73. The Bertz CT molecular complexity index is 458. The topological polar surface area (TPSA) is 83.0 Å². The van der Waals surface area contributed by atoms with E-state index >= 15 is 0 Å². The molecule has 0 bridgehead atoms. The van der Waals surface area contributed by atoms with Crippen molar-refractivity contribution >= 4 is 17.7 Å². The summed E-state index contributed by atoms with van der Waals surface area (Å²) in [6.45, 7) is 3.78. The zero-order valence-electron chi connectivity index (χ0n) is 12.6. The van der Waals surface area contributed by atoms with E-state index < -0.39 is 0 Å². The fourth-order valence-electron chi connectivity index (χ4n) is 2.33. The Morgan fingerprint density at radius 3 is 3.05 bits per heavy atom. The van der Waals surface area contributed by atoms with Gasteiger partial charge in [0.15, 0.2) is 5.16 Å². The van der Waals surface area contributed by atoms with Gasteiger partial charge in [-0.05, 0) is 19.3 Å². The van der Waals surface area contributed by atoms with E-state index in [1.807, 2.05) is 0 Å². The van der Waals surface area contributed by atoms with E-state index in [0.717, 1.165) is 49.1 Å². The normalized spacial score (nSPS) is 18.2. The van der Waals surface area contributed by atoms with Crippen molar-refractivity contribution in [1.29, 1.82) is 0 Å². The Hall–Kier alpha value is -1.08. The minimum atomic E-state index is -0.304. The molecule has 7 heteroatoms. The lowest BCUT2D eigenvalue weighted by atomic mass is 10.2. The van der Waals surface area contributed by atoms with Crippen molar-refractivity contribution in [3.05, 3.63) is 5.82 Å². The second kappa shape index (κ2) is 8.38. The fraction of sp³-hybridized carbons (Fsp3) is 0.786. The maximum Gasteiger partial charge on any atom is 0.217 e. The third kappa shape index (κ3) is 5.00. The summed E-state index contributed by atoms with van der Waals surface area (Å²) in [5, 5.41) is 9.44. The summed E-state index contributed by atoms with van der Waals surface area (Å²) in [6, 6.07) is 0. The van der Waals surface area contributed by atoms with Crippen LogP contribution in [-0.2, 0) is 22.5 Å². The number of aromatic nitrogens is 3. The van der Waals surface area contributed by atoms with E-state index in [-0.39, 0.29) is 12.0 Å². The second-order valence-corrected chi connectivity index (χ2v) is 6.37. The number of nitrogens with two attached hydrogens (primary N) is 1. The molecular formula is C14H24N4O2S. The van der Waals surface area contributed by atoms with Crippen molar-refractivity contribution in [2.24, 2.45) is 5.73 Å². The van der Waals surface area contributed by atoms with Gasteiger partial charge in [-0.2, -0.15) is 0 Å². The molecule has 1 saturated heterocycles. The van der Waals surface area contributed by atoms with Crippen LogP contribution < -0.4 is 5.73 Å². The van der Waals surface area contributed by atoms with Gasteiger partial charge >= 0.3 is 0 Å². The van der Waals surface area contributed by atoms with Crippen LogP contribution >= 0.6 is 11.8 Å². The molecule has 1 atom stereocenters. The lowest BCUT2D eigenvalue weighted by molar-refractivity contribution is -0.118. The first-order valence-corrected chi connectivity index (χ1v) is 8.64. The molecule has 1 aliphatic rings. The molecule has 1 amide bonds. The number of rotatable bonds is 9. The third-order valence-corrected chi connectivity index (χ3v) is 4.58. The van der Waals surface area contributed by atoms with Gasteiger partial charge in [0.25, 0.3) is 0 Å². The lowest BCUT2D eigenvalue weighted by Gasteiger charge is -2.14. The van der Waals surface area contributed by atoms with Crippen LogP contribution in [0.15, 0.2) is 5.16 Å². The standard InChI is InChI=1S/C14H24N4O2S/c1-2-3-9-21-14-17-16-13(7-6-12(15)19)18(14)10-11-5-4-8-20-11/h11H,2-10H2,1H3,(H2,15,19). The average Bonchev–Trinajstić information content (AvgIpc) is 3.08. The molecule has 0 spiro atoms. The van der Waals surface area contributed by atoms with Crippen molar-refractivity contribution in [3.63, 3.8) is 0 Å². The van der Waals surface area contributed by atoms with Crippen LogP contribution in [0.4, 0.5) is 0 Å². The number of carbonyl (C=O) groups excluding carboxylic acids is 1. The van der Waals surface area contributed by atoms with Crippen LogP contribution in [0.5, 0.6) is 0 Å². The minimum absolute atomic E-state index is 0.235. The summed E-state index contributed by atoms with van der Waals surface area (Å²) in [7, 11) is 0. The number of aryl methyl sites for hydroxylation is 1. The SMILES string of the molecule is CCCCSc1nnc(CCC(N)=O)n1CC1CCCO1. The third-order valence-electron chi connectivity index (χ3n) is 3.53. The molecule has 0 saturated carbocycles. The predicted octanol–water partition coefficient (Wildman–Crippen LogP) is 1.77.